The molecule has 1 heterocycles. The van der Waals surface area contributed by atoms with Crippen molar-refractivity contribution >= 4 is 32.6 Å². The lowest BCUT2D eigenvalue weighted by molar-refractivity contribution is -0.121. The Kier molecular flexibility index (Phi) is 2.81. The average Bonchev–Trinajstić information content (AvgIpc) is 3.11. The Morgan fingerprint density at radius 3 is 3.00 bits per heavy atom. The Balaban J connectivity index is 1.53. The van der Waals surface area contributed by atoms with Crippen LogP contribution in [0, 0.1) is 24.7 Å². The highest BCUT2D eigenvalue weighted by Crippen LogP contribution is 2.48. The number of benzene rings is 1. The SMILES string of the molecule is Cc1ccc2nc(NC(=O)[C@@H]3C[C@H]4CC[C@H]3C4)sc2c1. The van der Waals surface area contributed by atoms with Crippen molar-refractivity contribution < 1.29 is 4.79 Å². The van der Waals surface area contributed by atoms with Crippen molar-refractivity contribution in [2.24, 2.45) is 17.8 Å². The molecular formula is C16H18N2OS. The van der Waals surface area contributed by atoms with Crippen molar-refractivity contribution in [1.29, 1.82) is 0 Å². The number of hydrogen-bond donors (Lipinski definition) is 1. The van der Waals surface area contributed by atoms with E-state index in [2.05, 4.69) is 29.4 Å². The molecule has 4 rings (SSSR count). The molecule has 3 nitrogen and oxygen atoms in total. The molecule has 2 aliphatic carbocycles. The number of carbonyl (C=O) groups excluding carboxylic acids is 1. The zero-order chi connectivity index (χ0) is 13.7. The van der Waals surface area contributed by atoms with Gasteiger partial charge in [-0.05, 0) is 55.7 Å². The number of carbonyl (C=O) groups is 1. The summed E-state index contributed by atoms with van der Waals surface area (Å²) in [6.07, 6.45) is 4.91. The van der Waals surface area contributed by atoms with Crippen LogP contribution in [0.3, 0.4) is 0 Å². The Bertz CT molecular complexity index is 678. The summed E-state index contributed by atoms with van der Waals surface area (Å²) >= 11 is 1.58. The minimum atomic E-state index is 0.188. The van der Waals surface area contributed by atoms with E-state index in [-0.39, 0.29) is 11.8 Å². The summed E-state index contributed by atoms with van der Waals surface area (Å²) in [5.74, 6) is 1.83. The van der Waals surface area contributed by atoms with Crippen LogP contribution in [0.25, 0.3) is 10.2 Å². The fourth-order valence-electron chi connectivity index (χ4n) is 3.85. The molecule has 104 valence electrons. The van der Waals surface area contributed by atoms with Gasteiger partial charge in [-0.1, -0.05) is 23.8 Å². The van der Waals surface area contributed by atoms with Crippen molar-refractivity contribution in [3.63, 3.8) is 0 Å². The highest BCUT2D eigenvalue weighted by molar-refractivity contribution is 7.22. The zero-order valence-electron chi connectivity index (χ0n) is 11.6. The molecule has 2 saturated carbocycles. The summed E-state index contributed by atoms with van der Waals surface area (Å²) in [4.78, 5) is 16.9. The second-order valence-electron chi connectivity index (χ2n) is 6.26. The van der Waals surface area contributed by atoms with E-state index >= 15 is 0 Å². The summed E-state index contributed by atoms with van der Waals surface area (Å²) in [6, 6.07) is 6.21. The van der Waals surface area contributed by atoms with Crippen molar-refractivity contribution in [3.8, 4) is 0 Å². The molecule has 1 amide bonds. The van der Waals surface area contributed by atoms with Gasteiger partial charge in [-0.3, -0.25) is 4.79 Å². The number of fused-ring (bicyclic) bond motifs is 3. The van der Waals surface area contributed by atoms with Crippen molar-refractivity contribution in [2.75, 3.05) is 5.32 Å². The van der Waals surface area contributed by atoms with E-state index in [0.29, 0.717) is 5.92 Å². The van der Waals surface area contributed by atoms with Crippen molar-refractivity contribution in [2.45, 2.75) is 32.6 Å². The first kappa shape index (κ1) is 12.3. The summed E-state index contributed by atoms with van der Waals surface area (Å²) in [6.45, 7) is 2.08. The number of thiazole rings is 1. The molecule has 2 bridgehead atoms. The fourth-order valence-corrected chi connectivity index (χ4v) is 4.82. The predicted molar refractivity (Wildman–Crippen MR) is 81.9 cm³/mol. The van der Waals surface area contributed by atoms with Crippen LogP contribution < -0.4 is 5.32 Å². The van der Waals surface area contributed by atoms with Gasteiger partial charge in [-0.15, -0.1) is 0 Å². The lowest BCUT2D eigenvalue weighted by Gasteiger charge is -2.19. The lowest BCUT2D eigenvalue weighted by atomic mass is 9.88. The molecule has 2 fully saturated rings. The molecule has 4 heteroatoms. The molecule has 1 aromatic carbocycles. The third-order valence-electron chi connectivity index (χ3n) is 4.85. The van der Waals surface area contributed by atoms with Crippen LogP contribution in [0.15, 0.2) is 18.2 Å². The van der Waals surface area contributed by atoms with E-state index < -0.39 is 0 Å². The first-order valence-corrected chi connectivity index (χ1v) is 8.19. The second-order valence-corrected chi connectivity index (χ2v) is 7.29. The molecule has 0 aliphatic heterocycles. The van der Waals surface area contributed by atoms with Gasteiger partial charge in [-0.2, -0.15) is 0 Å². The number of aryl methyl sites for hydroxylation is 1. The molecule has 3 atom stereocenters. The van der Waals surface area contributed by atoms with E-state index in [0.717, 1.165) is 27.7 Å². The number of nitrogens with one attached hydrogen (secondary N) is 1. The van der Waals surface area contributed by atoms with Crippen LogP contribution in [0.2, 0.25) is 0 Å². The van der Waals surface area contributed by atoms with Gasteiger partial charge < -0.3 is 5.32 Å². The number of aromatic nitrogens is 1. The fraction of sp³-hybridized carbons (Fsp3) is 0.500. The van der Waals surface area contributed by atoms with Crippen LogP contribution in [0.1, 0.15) is 31.2 Å². The predicted octanol–water partition coefficient (Wildman–Crippen LogP) is 3.98. The van der Waals surface area contributed by atoms with Crippen LogP contribution in [-0.4, -0.2) is 10.9 Å². The first-order valence-electron chi connectivity index (χ1n) is 7.37. The van der Waals surface area contributed by atoms with Gasteiger partial charge in [0.25, 0.3) is 0 Å². The maximum atomic E-state index is 12.4. The van der Waals surface area contributed by atoms with Gasteiger partial charge in [0, 0.05) is 5.92 Å². The third-order valence-corrected chi connectivity index (χ3v) is 5.78. The van der Waals surface area contributed by atoms with Crippen LogP contribution in [-0.2, 0) is 4.79 Å². The monoisotopic (exact) mass is 286 g/mol. The summed E-state index contributed by atoms with van der Waals surface area (Å²) in [5.41, 5.74) is 2.20. The third kappa shape index (κ3) is 2.03. The molecule has 20 heavy (non-hydrogen) atoms. The van der Waals surface area contributed by atoms with Gasteiger partial charge >= 0.3 is 0 Å². The van der Waals surface area contributed by atoms with E-state index in [1.165, 1.54) is 24.8 Å². The molecule has 1 N–H and O–H groups in total. The molecule has 0 spiro atoms. The average molecular weight is 286 g/mol. The number of amides is 1. The minimum Gasteiger partial charge on any atom is -0.302 e. The molecule has 2 aliphatic rings. The molecule has 0 radical (unpaired) electrons. The van der Waals surface area contributed by atoms with Gasteiger partial charge in [0.15, 0.2) is 5.13 Å². The van der Waals surface area contributed by atoms with Crippen LogP contribution in [0.5, 0.6) is 0 Å². The number of rotatable bonds is 2. The second kappa shape index (κ2) is 4.55. The van der Waals surface area contributed by atoms with E-state index in [1.807, 2.05) is 6.07 Å². The van der Waals surface area contributed by atoms with E-state index in [9.17, 15) is 4.79 Å². The van der Waals surface area contributed by atoms with Gasteiger partial charge in [0.1, 0.15) is 0 Å². The molecular weight excluding hydrogens is 268 g/mol. The maximum Gasteiger partial charge on any atom is 0.229 e. The Morgan fingerprint density at radius 1 is 1.35 bits per heavy atom. The first-order chi connectivity index (χ1) is 9.69. The quantitative estimate of drug-likeness (QED) is 0.907. The Morgan fingerprint density at radius 2 is 2.25 bits per heavy atom. The summed E-state index contributed by atoms with van der Waals surface area (Å²) < 4.78 is 1.15. The topological polar surface area (TPSA) is 42.0 Å². The molecule has 0 saturated heterocycles. The van der Waals surface area contributed by atoms with Gasteiger partial charge in [-0.25, -0.2) is 4.98 Å². The zero-order valence-corrected chi connectivity index (χ0v) is 12.4. The van der Waals surface area contributed by atoms with Crippen LogP contribution in [0.4, 0.5) is 5.13 Å². The number of nitrogens with zero attached hydrogens (tertiary/aromatic N) is 1. The normalized spacial score (nSPS) is 28.1. The largest absolute Gasteiger partial charge is 0.302 e. The Labute approximate surface area is 122 Å². The Hall–Kier alpha value is -1.42. The number of hydrogen-bond acceptors (Lipinski definition) is 3. The van der Waals surface area contributed by atoms with E-state index in [1.54, 1.807) is 11.3 Å². The summed E-state index contributed by atoms with van der Waals surface area (Å²) in [7, 11) is 0. The standard InChI is InChI=1S/C16H18N2OS/c1-9-2-5-13-14(6-9)20-16(17-13)18-15(19)12-8-10-3-4-11(12)7-10/h2,5-6,10-12H,3-4,7-8H2,1H3,(H,17,18,19)/t10-,11-,12+/m0/s1. The minimum absolute atomic E-state index is 0.188. The maximum absolute atomic E-state index is 12.4. The molecule has 0 unspecified atom stereocenters. The highest BCUT2D eigenvalue weighted by atomic mass is 32.1. The molecule has 2 aromatic rings. The van der Waals surface area contributed by atoms with Crippen molar-refractivity contribution in [1.82, 2.24) is 4.98 Å². The highest BCUT2D eigenvalue weighted by Gasteiger charge is 2.43. The summed E-state index contributed by atoms with van der Waals surface area (Å²) in [5, 5.41) is 3.79. The van der Waals surface area contributed by atoms with Gasteiger partial charge in [0.2, 0.25) is 5.91 Å². The lowest BCUT2D eigenvalue weighted by Crippen LogP contribution is -2.27. The van der Waals surface area contributed by atoms with Crippen LogP contribution >= 0.6 is 11.3 Å². The smallest absolute Gasteiger partial charge is 0.229 e. The van der Waals surface area contributed by atoms with Gasteiger partial charge in [0.05, 0.1) is 10.2 Å². The number of anilines is 1. The van der Waals surface area contributed by atoms with E-state index in [4.69, 9.17) is 0 Å². The molecule has 1 aromatic heterocycles. The van der Waals surface area contributed by atoms with Crippen molar-refractivity contribution in [3.05, 3.63) is 23.8 Å².